The van der Waals surface area contributed by atoms with Crippen molar-refractivity contribution in [2.24, 2.45) is 11.8 Å². The lowest BCUT2D eigenvalue weighted by molar-refractivity contribution is -0.153. The van der Waals surface area contributed by atoms with Gasteiger partial charge < -0.3 is 9.94 Å². The first kappa shape index (κ1) is 12.0. The van der Waals surface area contributed by atoms with Crippen LogP contribution in [-0.2, 0) is 9.63 Å². The largest absolute Gasteiger partial charge is 0.389 e. The van der Waals surface area contributed by atoms with Crippen molar-refractivity contribution in [3.8, 4) is 0 Å². The van der Waals surface area contributed by atoms with Crippen LogP contribution in [0.1, 0.15) is 13.3 Å². The maximum atomic E-state index is 10.9. The van der Waals surface area contributed by atoms with Gasteiger partial charge in [-0.05, 0) is 6.42 Å². The molecule has 0 bridgehead atoms. The summed E-state index contributed by atoms with van der Waals surface area (Å²) in [6.07, 6.45) is -0.776. The van der Waals surface area contributed by atoms with E-state index in [1.165, 1.54) is 0 Å². The molecule has 12 heavy (non-hydrogen) atoms. The van der Waals surface area contributed by atoms with Gasteiger partial charge in [-0.15, -0.1) is 23.2 Å². The minimum Gasteiger partial charge on any atom is -0.389 e. The first-order valence-electron chi connectivity index (χ1n) is 3.41. The van der Waals surface area contributed by atoms with Crippen molar-refractivity contribution >= 4 is 29.2 Å². The van der Waals surface area contributed by atoms with Crippen LogP contribution >= 0.6 is 23.2 Å². The molecule has 0 saturated heterocycles. The van der Waals surface area contributed by atoms with Gasteiger partial charge in [-0.3, -0.25) is 0 Å². The number of carbonyl (C=O) groups is 1. The van der Waals surface area contributed by atoms with Crippen LogP contribution in [0.2, 0.25) is 0 Å². The summed E-state index contributed by atoms with van der Waals surface area (Å²) in [5, 5.41) is 9.27. The number of hydrogen-bond donors (Lipinski definition) is 2. The fraction of sp³-hybridized carbons (Fsp3) is 0.833. The minimum atomic E-state index is -1.14. The van der Waals surface area contributed by atoms with Crippen molar-refractivity contribution in [3.63, 3.8) is 0 Å². The van der Waals surface area contributed by atoms with E-state index in [1.54, 1.807) is 6.92 Å². The molecule has 0 radical (unpaired) electrons. The number of hydrogen-bond acceptors (Lipinski definition) is 4. The molecular formula is C6H11Cl2NO3. The van der Waals surface area contributed by atoms with Crippen molar-refractivity contribution in [1.82, 2.24) is 0 Å². The summed E-state index contributed by atoms with van der Waals surface area (Å²) in [7, 11) is 0. The third-order valence-electron chi connectivity index (χ3n) is 1.53. The molecule has 6 heteroatoms. The molecule has 0 fully saturated rings. The van der Waals surface area contributed by atoms with Crippen molar-refractivity contribution < 1.29 is 14.7 Å². The van der Waals surface area contributed by atoms with Crippen LogP contribution < -0.4 is 5.90 Å². The Labute approximate surface area is 80.5 Å². The highest BCUT2D eigenvalue weighted by Gasteiger charge is 2.30. The number of nitrogens with two attached hydrogens (primary N) is 1. The van der Waals surface area contributed by atoms with Crippen molar-refractivity contribution in [2.75, 3.05) is 0 Å². The van der Waals surface area contributed by atoms with Gasteiger partial charge in [0.2, 0.25) is 0 Å². The summed E-state index contributed by atoms with van der Waals surface area (Å²) in [5.41, 5.74) is 0. The second kappa shape index (κ2) is 5.59. The lowest BCUT2D eigenvalue weighted by atomic mass is 10.0. The number of halogens is 2. The van der Waals surface area contributed by atoms with Gasteiger partial charge >= 0.3 is 5.97 Å². The Balaban J connectivity index is 4.23. The van der Waals surface area contributed by atoms with E-state index in [0.717, 1.165) is 0 Å². The first-order chi connectivity index (χ1) is 5.54. The normalized spacial score (nSPS) is 15.8. The quantitative estimate of drug-likeness (QED) is 0.533. The molecule has 0 saturated carbocycles. The summed E-state index contributed by atoms with van der Waals surface area (Å²) in [5.74, 6) is 3.16. The monoisotopic (exact) mass is 215 g/mol. The molecule has 0 aliphatic rings. The molecule has 2 atom stereocenters. The topological polar surface area (TPSA) is 72.5 Å². The standard InChI is InChI=1S/C6H11Cl2NO3/c1-2-3(6(11)12-9)4(10)5(7)8/h3-5,10H,2,9H2,1H3. The zero-order chi connectivity index (χ0) is 9.72. The summed E-state index contributed by atoms with van der Waals surface area (Å²) in [6.45, 7) is 1.70. The van der Waals surface area contributed by atoms with E-state index < -0.39 is 22.8 Å². The Bertz CT molecular complexity index is 154. The molecule has 0 heterocycles. The first-order valence-corrected chi connectivity index (χ1v) is 4.28. The van der Waals surface area contributed by atoms with Gasteiger partial charge in [0.1, 0.15) is 4.84 Å². The number of alkyl halides is 2. The van der Waals surface area contributed by atoms with Gasteiger partial charge in [0.05, 0.1) is 12.0 Å². The van der Waals surface area contributed by atoms with Crippen LogP contribution in [-0.4, -0.2) is 22.0 Å². The van der Waals surface area contributed by atoms with Crippen LogP contribution in [0.4, 0.5) is 0 Å². The third kappa shape index (κ3) is 3.15. The Morgan fingerprint density at radius 1 is 1.67 bits per heavy atom. The molecular weight excluding hydrogens is 205 g/mol. The van der Waals surface area contributed by atoms with E-state index >= 15 is 0 Å². The van der Waals surface area contributed by atoms with Crippen LogP contribution in [0.15, 0.2) is 0 Å². The average molecular weight is 216 g/mol. The predicted molar refractivity (Wildman–Crippen MR) is 45.6 cm³/mol. The van der Waals surface area contributed by atoms with E-state index in [-0.39, 0.29) is 0 Å². The molecule has 0 amide bonds. The molecule has 3 N–H and O–H groups in total. The fourth-order valence-electron chi connectivity index (χ4n) is 0.811. The molecule has 0 aromatic rings. The van der Waals surface area contributed by atoms with Crippen molar-refractivity contribution in [3.05, 3.63) is 0 Å². The van der Waals surface area contributed by atoms with Crippen LogP contribution in [0.5, 0.6) is 0 Å². The zero-order valence-electron chi connectivity index (χ0n) is 6.54. The van der Waals surface area contributed by atoms with Gasteiger partial charge in [-0.2, -0.15) is 5.90 Å². The number of aliphatic hydroxyl groups excluding tert-OH is 1. The summed E-state index contributed by atoms with van der Waals surface area (Å²) in [4.78, 5) is 13.8. The van der Waals surface area contributed by atoms with Gasteiger partial charge in [0, 0.05) is 0 Å². The highest BCUT2D eigenvalue weighted by molar-refractivity contribution is 6.44. The Morgan fingerprint density at radius 3 is 2.42 bits per heavy atom. The lowest BCUT2D eigenvalue weighted by Gasteiger charge is -2.18. The van der Waals surface area contributed by atoms with E-state index in [1.807, 2.05) is 0 Å². The van der Waals surface area contributed by atoms with E-state index in [0.29, 0.717) is 6.42 Å². The molecule has 4 nitrogen and oxygen atoms in total. The van der Waals surface area contributed by atoms with Gasteiger partial charge in [0.15, 0.2) is 0 Å². The number of aliphatic hydroxyl groups is 1. The third-order valence-corrected chi connectivity index (χ3v) is 2.05. The van der Waals surface area contributed by atoms with E-state index in [2.05, 4.69) is 10.7 Å². The van der Waals surface area contributed by atoms with Gasteiger partial charge in [-0.25, -0.2) is 4.79 Å². The Morgan fingerprint density at radius 2 is 2.17 bits per heavy atom. The lowest BCUT2D eigenvalue weighted by Crippen LogP contribution is -2.34. The van der Waals surface area contributed by atoms with Crippen molar-refractivity contribution in [2.45, 2.75) is 24.3 Å². The molecule has 0 rings (SSSR count). The minimum absolute atomic E-state index is 0.368. The summed E-state index contributed by atoms with van der Waals surface area (Å²) < 4.78 is 0. The SMILES string of the molecule is CCC(C(=O)ON)C(O)C(Cl)Cl. The Kier molecular flexibility index (Phi) is 5.57. The number of rotatable bonds is 4. The maximum absolute atomic E-state index is 10.9. The summed E-state index contributed by atoms with van der Waals surface area (Å²) in [6, 6.07) is 0. The van der Waals surface area contributed by atoms with E-state index in [4.69, 9.17) is 23.2 Å². The molecule has 0 aliphatic carbocycles. The summed E-state index contributed by atoms with van der Waals surface area (Å²) >= 11 is 10.7. The molecule has 0 spiro atoms. The van der Waals surface area contributed by atoms with Crippen LogP contribution in [0.25, 0.3) is 0 Å². The second-order valence-corrected chi connectivity index (χ2v) is 3.44. The van der Waals surface area contributed by atoms with E-state index in [9.17, 15) is 9.90 Å². The molecule has 72 valence electrons. The Hall–Kier alpha value is -0.0300. The maximum Gasteiger partial charge on any atom is 0.330 e. The highest BCUT2D eigenvalue weighted by atomic mass is 35.5. The van der Waals surface area contributed by atoms with Gasteiger partial charge in [0.25, 0.3) is 0 Å². The number of carbonyl (C=O) groups excluding carboxylic acids is 1. The fourth-order valence-corrected chi connectivity index (χ4v) is 1.16. The van der Waals surface area contributed by atoms with Crippen molar-refractivity contribution in [1.29, 1.82) is 0 Å². The average Bonchev–Trinajstić information content (AvgIpc) is 2.05. The van der Waals surface area contributed by atoms with Crippen LogP contribution in [0.3, 0.4) is 0 Å². The molecule has 0 aromatic heterocycles. The predicted octanol–water partition coefficient (Wildman–Crippen LogP) is 0.594. The second-order valence-electron chi connectivity index (χ2n) is 2.28. The zero-order valence-corrected chi connectivity index (χ0v) is 8.05. The molecule has 0 aliphatic heterocycles. The highest BCUT2D eigenvalue weighted by Crippen LogP contribution is 2.19. The van der Waals surface area contributed by atoms with Gasteiger partial charge in [-0.1, -0.05) is 6.92 Å². The smallest absolute Gasteiger partial charge is 0.330 e. The molecule has 0 aromatic carbocycles. The molecule has 2 unspecified atom stereocenters. The van der Waals surface area contributed by atoms with Crippen LogP contribution in [0, 0.1) is 5.92 Å².